The number of fused-ring (bicyclic) bond motifs is 1. The van der Waals surface area contributed by atoms with E-state index in [-0.39, 0.29) is 30.1 Å². The minimum atomic E-state index is -3.71. The SMILES string of the molecule is CCN(N)c1ccc(C(CC(=O)NCCNC)c2ccc(C)c(CN3CCCc4ccccc4S3(=O)=O)c2)c(F)c1N. The molecule has 0 saturated carbocycles. The second kappa shape index (κ2) is 13.6. The fraction of sp³-hybridized carbons (Fsp3) is 0.387. The summed E-state index contributed by atoms with van der Waals surface area (Å²) in [5.74, 6) is 4.48. The Morgan fingerprint density at radius 3 is 2.64 bits per heavy atom. The number of nitrogen functional groups attached to an aromatic ring is 1. The number of hydrogen-bond acceptors (Lipinski definition) is 7. The summed E-state index contributed by atoms with van der Waals surface area (Å²) in [7, 11) is -1.91. The van der Waals surface area contributed by atoms with Crippen LogP contribution in [0.25, 0.3) is 0 Å². The van der Waals surface area contributed by atoms with Crippen molar-refractivity contribution < 1.29 is 17.6 Å². The molecule has 1 aliphatic rings. The van der Waals surface area contributed by atoms with Gasteiger partial charge in [-0.3, -0.25) is 4.79 Å². The van der Waals surface area contributed by atoms with Crippen molar-refractivity contribution in [1.82, 2.24) is 14.9 Å². The number of anilines is 2. The van der Waals surface area contributed by atoms with Crippen molar-refractivity contribution in [3.8, 4) is 0 Å². The van der Waals surface area contributed by atoms with Crippen LogP contribution in [0.3, 0.4) is 0 Å². The minimum absolute atomic E-state index is 0.0164. The van der Waals surface area contributed by atoms with Crippen LogP contribution in [-0.2, 0) is 27.8 Å². The van der Waals surface area contributed by atoms with Crippen LogP contribution < -0.4 is 27.2 Å². The predicted octanol–water partition coefficient (Wildman–Crippen LogP) is 3.41. The van der Waals surface area contributed by atoms with Crippen LogP contribution in [0.5, 0.6) is 0 Å². The van der Waals surface area contributed by atoms with Gasteiger partial charge in [0.1, 0.15) is 0 Å². The van der Waals surface area contributed by atoms with Gasteiger partial charge in [0.25, 0.3) is 0 Å². The van der Waals surface area contributed by atoms with Crippen LogP contribution in [0.4, 0.5) is 15.8 Å². The first-order valence-corrected chi connectivity index (χ1v) is 15.7. The molecule has 0 aliphatic carbocycles. The third kappa shape index (κ3) is 6.75. The Kier molecular flexibility index (Phi) is 10.2. The lowest BCUT2D eigenvalue weighted by molar-refractivity contribution is -0.121. The number of likely N-dealkylation sites (N-methyl/N-ethyl adjacent to an activating group) is 1. The predicted molar refractivity (Wildman–Crippen MR) is 165 cm³/mol. The summed E-state index contributed by atoms with van der Waals surface area (Å²) >= 11 is 0. The van der Waals surface area contributed by atoms with Gasteiger partial charge in [-0.2, -0.15) is 4.31 Å². The summed E-state index contributed by atoms with van der Waals surface area (Å²) in [5, 5.41) is 7.23. The van der Waals surface area contributed by atoms with Crippen molar-refractivity contribution in [2.75, 3.05) is 44.0 Å². The molecule has 6 N–H and O–H groups in total. The molecule has 0 fully saturated rings. The Bertz CT molecular complexity index is 1530. The van der Waals surface area contributed by atoms with Crippen molar-refractivity contribution in [3.05, 3.63) is 88.2 Å². The van der Waals surface area contributed by atoms with E-state index in [1.165, 1.54) is 9.31 Å². The van der Waals surface area contributed by atoms with Crippen LogP contribution >= 0.6 is 0 Å². The molecule has 1 unspecified atom stereocenters. The summed E-state index contributed by atoms with van der Waals surface area (Å²) in [5.41, 5.74) is 9.96. The monoisotopic (exact) mass is 596 g/mol. The van der Waals surface area contributed by atoms with Crippen molar-refractivity contribution in [2.24, 2.45) is 5.84 Å². The molecule has 1 atom stereocenters. The summed E-state index contributed by atoms with van der Waals surface area (Å²) in [4.78, 5) is 13.3. The third-order valence-corrected chi connectivity index (χ3v) is 9.81. The number of amides is 1. The maximum atomic E-state index is 15.9. The van der Waals surface area contributed by atoms with E-state index in [4.69, 9.17) is 11.6 Å². The van der Waals surface area contributed by atoms with Gasteiger partial charge < -0.3 is 21.4 Å². The first-order valence-electron chi connectivity index (χ1n) is 14.3. The van der Waals surface area contributed by atoms with Gasteiger partial charge in [0, 0.05) is 45.1 Å². The quantitative estimate of drug-likeness (QED) is 0.115. The minimum Gasteiger partial charge on any atom is -0.395 e. The number of carbonyl (C=O) groups is 1. The Hall–Kier alpha value is -3.51. The summed E-state index contributed by atoms with van der Waals surface area (Å²) < 4.78 is 44.6. The molecule has 3 aromatic carbocycles. The first kappa shape index (κ1) is 31.4. The fourth-order valence-corrected chi connectivity index (χ4v) is 7.09. The molecule has 0 aromatic heterocycles. The lowest BCUT2D eigenvalue weighted by Gasteiger charge is -2.25. The molecule has 0 radical (unpaired) electrons. The molecule has 4 rings (SSSR count). The number of hydrogen-bond donors (Lipinski definition) is 4. The first-order chi connectivity index (χ1) is 20.1. The zero-order chi connectivity index (χ0) is 30.4. The zero-order valence-electron chi connectivity index (χ0n) is 24.5. The van der Waals surface area contributed by atoms with Crippen molar-refractivity contribution in [3.63, 3.8) is 0 Å². The standard InChI is InChI=1S/C31H41FN6O3S/c1-4-38(34)27-14-13-25(30(32)31(27)33)26(19-29(39)36-16-15-35-3)23-12-11-21(2)24(18-23)20-37-17-7-9-22-8-5-6-10-28(22)42(37,40)41/h5-6,8,10-14,18,26,35H,4,7,9,15-17,19-20,33-34H2,1-3H3,(H,36,39). The number of nitrogens with two attached hydrogens (primary N) is 2. The molecule has 42 heavy (non-hydrogen) atoms. The normalized spacial score (nSPS) is 15.5. The maximum absolute atomic E-state index is 15.9. The molecule has 0 bridgehead atoms. The molecule has 0 spiro atoms. The van der Waals surface area contributed by atoms with E-state index in [0.29, 0.717) is 55.2 Å². The molecule has 226 valence electrons. The van der Waals surface area contributed by atoms with Gasteiger partial charge in [-0.15, -0.1) is 0 Å². The van der Waals surface area contributed by atoms with Crippen molar-refractivity contribution >= 4 is 27.3 Å². The van der Waals surface area contributed by atoms with Crippen molar-refractivity contribution in [2.45, 2.75) is 50.5 Å². The van der Waals surface area contributed by atoms with E-state index >= 15 is 4.39 Å². The van der Waals surface area contributed by atoms with Gasteiger partial charge in [0.05, 0.1) is 16.3 Å². The number of rotatable bonds is 11. The number of benzene rings is 3. The Balaban J connectivity index is 1.73. The molecule has 1 amide bonds. The highest BCUT2D eigenvalue weighted by Gasteiger charge is 2.30. The lowest BCUT2D eigenvalue weighted by atomic mass is 9.85. The number of hydrazine groups is 1. The zero-order valence-corrected chi connectivity index (χ0v) is 25.3. The van der Waals surface area contributed by atoms with Gasteiger partial charge in [0.2, 0.25) is 15.9 Å². The van der Waals surface area contributed by atoms with Gasteiger partial charge in [-0.05, 0) is 73.7 Å². The fourth-order valence-electron chi connectivity index (χ4n) is 5.38. The number of sulfonamides is 1. The van der Waals surface area contributed by atoms with E-state index < -0.39 is 21.8 Å². The van der Waals surface area contributed by atoms with E-state index in [2.05, 4.69) is 10.6 Å². The molecule has 1 aliphatic heterocycles. The molecule has 11 heteroatoms. The molecule has 9 nitrogen and oxygen atoms in total. The second-order valence-electron chi connectivity index (χ2n) is 10.6. The summed E-state index contributed by atoms with van der Waals surface area (Å²) in [6.07, 6.45) is 1.37. The highest BCUT2D eigenvalue weighted by atomic mass is 32.2. The van der Waals surface area contributed by atoms with Crippen molar-refractivity contribution in [1.29, 1.82) is 0 Å². The Morgan fingerprint density at radius 1 is 1.14 bits per heavy atom. The number of halogens is 1. The van der Waals surface area contributed by atoms with Gasteiger partial charge in [0.15, 0.2) is 5.82 Å². The average molecular weight is 597 g/mol. The molecular weight excluding hydrogens is 555 g/mol. The maximum Gasteiger partial charge on any atom is 0.243 e. The number of carbonyl (C=O) groups excluding carboxylic acids is 1. The van der Waals surface area contributed by atoms with Gasteiger partial charge >= 0.3 is 0 Å². The Morgan fingerprint density at radius 2 is 1.90 bits per heavy atom. The largest absolute Gasteiger partial charge is 0.395 e. The smallest absolute Gasteiger partial charge is 0.243 e. The molecule has 3 aromatic rings. The lowest BCUT2D eigenvalue weighted by Crippen LogP contribution is -2.32. The van der Waals surface area contributed by atoms with E-state index in [9.17, 15) is 13.2 Å². The summed E-state index contributed by atoms with van der Waals surface area (Å²) in [6.45, 7) is 5.77. The molecule has 0 saturated heterocycles. The Labute approximate surface area is 248 Å². The van der Waals surface area contributed by atoms with E-state index in [1.54, 1.807) is 31.3 Å². The van der Waals surface area contributed by atoms with Gasteiger partial charge in [-0.1, -0.05) is 42.5 Å². The van der Waals surface area contributed by atoms with Crippen LogP contribution in [0, 0.1) is 12.7 Å². The molecule has 1 heterocycles. The molecular formula is C31H41FN6O3S. The average Bonchev–Trinajstić information content (AvgIpc) is 3.10. The third-order valence-electron chi connectivity index (χ3n) is 7.87. The number of aryl methyl sites for hydroxylation is 2. The highest BCUT2D eigenvalue weighted by molar-refractivity contribution is 7.89. The highest BCUT2D eigenvalue weighted by Crippen LogP contribution is 2.37. The van der Waals surface area contributed by atoms with Crippen LogP contribution in [0.15, 0.2) is 59.5 Å². The van der Waals surface area contributed by atoms with Crippen LogP contribution in [-0.4, -0.2) is 51.9 Å². The second-order valence-corrected chi connectivity index (χ2v) is 12.5. The van der Waals surface area contributed by atoms with Gasteiger partial charge in [-0.25, -0.2) is 18.7 Å². The van der Waals surface area contributed by atoms with E-state index in [1.807, 2.05) is 44.2 Å². The topological polar surface area (TPSA) is 134 Å². The number of nitrogens with one attached hydrogen (secondary N) is 2. The summed E-state index contributed by atoms with van der Waals surface area (Å²) in [6, 6.07) is 16.1. The number of nitrogens with zero attached hydrogens (tertiary/aromatic N) is 2. The van der Waals surface area contributed by atoms with Crippen LogP contribution in [0.2, 0.25) is 0 Å². The van der Waals surface area contributed by atoms with Crippen LogP contribution in [0.1, 0.15) is 53.5 Å². The van der Waals surface area contributed by atoms with E-state index in [0.717, 1.165) is 16.7 Å².